The summed E-state index contributed by atoms with van der Waals surface area (Å²) in [6, 6.07) is 0.415. The quantitative estimate of drug-likeness (QED) is 0.762. The molecule has 0 aromatic rings. The zero-order chi connectivity index (χ0) is 12.3. The molecule has 4 nitrogen and oxygen atoms in total. The number of rotatable bonds is 4. The van der Waals surface area contributed by atoms with Gasteiger partial charge >= 0.3 is 0 Å². The summed E-state index contributed by atoms with van der Waals surface area (Å²) in [5, 5.41) is 12.6. The molecule has 1 heterocycles. The zero-order valence-corrected chi connectivity index (χ0v) is 10.7. The van der Waals surface area contributed by atoms with E-state index in [1.807, 2.05) is 6.92 Å². The maximum atomic E-state index is 11.8. The highest BCUT2D eigenvalue weighted by Crippen LogP contribution is 2.20. The second-order valence-corrected chi connectivity index (χ2v) is 5.57. The second kappa shape index (κ2) is 5.83. The summed E-state index contributed by atoms with van der Waals surface area (Å²) in [7, 11) is 0. The molecular weight excluding hydrogens is 216 g/mol. The molecule has 1 aliphatic carbocycles. The van der Waals surface area contributed by atoms with Gasteiger partial charge in [-0.1, -0.05) is 12.8 Å². The molecule has 1 saturated carbocycles. The normalized spacial score (nSPS) is 28.5. The molecule has 1 aliphatic heterocycles. The molecule has 98 valence electrons. The van der Waals surface area contributed by atoms with Crippen molar-refractivity contribution in [1.82, 2.24) is 10.2 Å². The van der Waals surface area contributed by atoms with Gasteiger partial charge in [-0.3, -0.25) is 9.69 Å². The lowest BCUT2D eigenvalue weighted by Crippen LogP contribution is -2.40. The maximum Gasteiger partial charge on any atom is 0.234 e. The highest BCUT2D eigenvalue weighted by Gasteiger charge is 2.27. The van der Waals surface area contributed by atoms with Gasteiger partial charge in [-0.15, -0.1) is 0 Å². The Kier molecular flexibility index (Phi) is 4.40. The Bertz CT molecular complexity index is 262. The van der Waals surface area contributed by atoms with E-state index in [2.05, 4.69) is 10.2 Å². The van der Waals surface area contributed by atoms with Crippen LogP contribution in [0, 0.1) is 5.92 Å². The fourth-order valence-corrected chi connectivity index (χ4v) is 2.95. The Morgan fingerprint density at radius 1 is 1.41 bits per heavy atom. The summed E-state index contributed by atoms with van der Waals surface area (Å²) in [6.45, 7) is 4.13. The first-order valence-electron chi connectivity index (χ1n) is 6.85. The third-order valence-corrected chi connectivity index (χ3v) is 4.08. The predicted molar refractivity (Wildman–Crippen MR) is 66.6 cm³/mol. The largest absolute Gasteiger partial charge is 0.393 e. The summed E-state index contributed by atoms with van der Waals surface area (Å²) in [5.74, 6) is 0.498. The average Bonchev–Trinajstić information content (AvgIpc) is 2.88. The number of carbonyl (C=O) groups is 1. The van der Waals surface area contributed by atoms with E-state index in [0.29, 0.717) is 18.5 Å². The summed E-state index contributed by atoms with van der Waals surface area (Å²) in [6.07, 6.45) is 5.54. The van der Waals surface area contributed by atoms with Crippen LogP contribution in [0.4, 0.5) is 0 Å². The van der Waals surface area contributed by atoms with E-state index in [0.717, 1.165) is 32.4 Å². The summed E-state index contributed by atoms with van der Waals surface area (Å²) in [4.78, 5) is 14.0. The number of carbonyl (C=O) groups excluding carboxylic acids is 1. The molecule has 2 N–H and O–H groups in total. The Morgan fingerprint density at radius 2 is 2.12 bits per heavy atom. The molecule has 0 spiro atoms. The number of hydrogen-bond acceptors (Lipinski definition) is 3. The van der Waals surface area contributed by atoms with Crippen molar-refractivity contribution in [3.05, 3.63) is 0 Å². The summed E-state index contributed by atoms with van der Waals surface area (Å²) in [5.41, 5.74) is 0. The molecule has 2 fully saturated rings. The Morgan fingerprint density at radius 3 is 2.71 bits per heavy atom. The molecule has 0 bridgehead atoms. The minimum atomic E-state index is -0.252. The Hall–Kier alpha value is -0.610. The molecule has 1 amide bonds. The number of aliphatic hydroxyl groups is 1. The lowest BCUT2D eigenvalue weighted by molar-refractivity contribution is -0.122. The van der Waals surface area contributed by atoms with Crippen LogP contribution in [0.3, 0.4) is 0 Å². The van der Waals surface area contributed by atoms with Crippen molar-refractivity contribution >= 4 is 5.91 Å². The highest BCUT2D eigenvalue weighted by molar-refractivity contribution is 5.78. The van der Waals surface area contributed by atoms with Crippen molar-refractivity contribution in [2.45, 2.75) is 51.2 Å². The smallest absolute Gasteiger partial charge is 0.234 e. The topological polar surface area (TPSA) is 52.6 Å². The molecule has 0 radical (unpaired) electrons. The van der Waals surface area contributed by atoms with Gasteiger partial charge in [0, 0.05) is 12.6 Å². The van der Waals surface area contributed by atoms with Crippen molar-refractivity contribution in [2.24, 2.45) is 5.92 Å². The van der Waals surface area contributed by atoms with Crippen LogP contribution >= 0.6 is 0 Å². The van der Waals surface area contributed by atoms with E-state index >= 15 is 0 Å². The number of likely N-dealkylation sites (tertiary alicyclic amines) is 1. The van der Waals surface area contributed by atoms with Crippen molar-refractivity contribution in [3.8, 4) is 0 Å². The van der Waals surface area contributed by atoms with Crippen LogP contribution < -0.4 is 5.32 Å². The standard InChI is InChI=1S/C13H24N2O2/c1-10(16)11-6-7-15(8-11)9-13(17)14-12-4-2-3-5-12/h10-12,16H,2-9H2,1H3,(H,14,17). The third-order valence-electron chi connectivity index (χ3n) is 4.08. The van der Waals surface area contributed by atoms with E-state index < -0.39 is 0 Å². The van der Waals surface area contributed by atoms with E-state index in [9.17, 15) is 9.90 Å². The fraction of sp³-hybridized carbons (Fsp3) is 0.923. The third kappa shape index (κ3) is 3.68. The maximum absolute atomic E-state index is 11.8. The molecule has 17 heavy (non-hydrogen) atoms. The molecule has 0 aromatic heterocycles. The van der Waals surface area contributed by atoms with Gasteiger partial charge in [0.05, 0.1) is 12.6 Å². The van der Waals surface area contributed by atoms with E-state index in [4.69, 9.17) is 0 Å². The van der Waals surface area contributed by atoms with E-state index in [1.54, 1.807) is 0 Å². The zero-order valence-electron chi connectivity index (χ0n) is 10.7. The van der Waals surface area contributed by atoms with Crippen molar-refractivity contribution in [2.75, 3.05) is 19.6 Å². The van der Waals surface area contributed by atoms with Crippen molar-refractivity contribution in [1.29, 1.82) is 0 Å². The van der Waals surface area contributed by atoms with Gasteiger partial charge in [-0.2, -0.15) is 0 Å². The van der Waals surface area contributed by atoms with Crippen molar-refractivity contribution in [3.63, 3.8) is 0 Å². The monoisotopic (exact) mass is 240 g/mol. The van der Waals surface area contributed by atoms with Gasteiger partial charge in [0.2, 0.25) is 5.91 Å². The average molecular weight is 240 g/mol. The molecule has 1 saturated heterocycles. The van der Waals surface area contributed by atoms with Gasteiger partial charge in [-0.25, -0.2) is 0 Å². The highest BCUT2D eigenvalue weighted by atomic mass is 16.3. The van der Waals surface area contributed by atoms with Crippen molar-refractivity contribution < 1.29 is 9.90 Å². The van der Waals surface area contributed by atoms with E-state index in [1.165, 1.54) is 12.8 Å². The van der Waals surface area contributed by atoms with Gasteiger partial charge in [0.25, 0.3) is 0 Å². The number of amides is 1. The van der Waals surface area contributed by atoms with Gasteiger partial charge in [0.1, 0.15) is 0 Å². The predicted octanol–water partition coefficient (Wildman–Crippen LogP) is 0.748. The summed E-state index contributed by atoms with van der Waals surface area (Å²) < 4.78 is 0. The van der Waals surface area contributed by atoms with Crippen LogP contribution in [0.15, 0.2) is 0 Å². The van der Waals surface area contributed by atoms with E-state index in [-0.39, 0.29) is 12.0 Å². The minimum absolute atomic E-state index is 0.156. The molecule has 0 aromatic carbocycles. The van der Waals surface area contributed by atoms with Crippen LogP contribution in [0.5, 0.6) is 0 Å². The number of nitrogens with one attached hydrogen (secondary N) is 1. The Balaban J connectivity index is 1.68. The van der Waals surface area contributed by atoms with Crippen LogP contribution in [0.2, 0.25) is 0 Å². The SMILES string of the molecule is CC(O)C1CCN(CC(=O)NC2CCCC2)C1. The molecule has 2 unspecified atom stereocenters. The molecule has 2 atom stereocenters. The van der Waals surface area contributed by atoms with Gasteiger partial charge in [0.15, 0.2) is 0 Å². The van der Waals surface area contributed by atoms with Crippen LogP contribution in [-0.2, 0) is 4.79 Å². The number of aliphatic hydroxyl groups excluding tert-OH is 1. The first-order valence-corrected chi connectivity index (χ1v) is 6.85. The lowest BCUT2D eigenvalue weighted by Gasteiger charge is -2.18. The Labute approximate surface area is 103 Å². The number of hydrogen-bond donors (Lipinski definition) is 2. The fourth-order valence-electron chi connectivity index (χ4n) is 2.95. The molecule has 2 rings (SSSR count). The summed E-state index contributed by atoms with van der Waals surface area (Å²) >= 11 is 0. The number of nitrogens with zero attached hydrogens (tertiary/aromatic N) is 1. The van der Waals surface area contributed by atoms with Crippen LogP contribution in [0.25, 0.3) is 0 Å². The molecule has 2 aliphatic rings. The van der Waals surface area contributed by atoms with Gasteiger partial charge in [-0.05, 0) is 38.6 Å². The molecule has 4 heteroatoms. The molecular formula is C13H24N2O2. The van der Waals surface area contributed by atoms with Crippen LogP contribution in [-0.4, -0.2) is 47.7 Å². The minimum Gasteiger partial charge on any atom is -0.393 e. The lowest BCUT2D eigenvalue weighted by atomic mass is 10.0. The van der Waals surface area contributed by atoms with Gasteiger partial charge < -0.3 is 10.4 Å². The van der Waals surface area contributed by atoms with Crippen LogP contribution in [0.1, 0.15) is 39.0 Å². The second-order valence-electron chi connectivity index (χ2n) is 5.57. The first kappa shape index (κ1) is 12.8. The first-order chi connectivity index (χ1) is 8.15.